The summed E-state index contributed by atoms with van der Waals surface area (Å²) in [5.41, 5.74) is 3.11. The number of aromatic nitrogens is 7. The number of anilines is 2. The second-order valence-corrected chi connectivity index (χ2v) is 10.2. The van der Waals surface area contributed by atoms with Crippen LogP contribution in [0.25, 0.3) is 16.6 Å². The molecule has 4 aromatic heterocycles. The number of fused-ring (bicyclic) bond motifs is 1. The molecule has 196 valence electrons. The van der Waals surface area contributed by atoms with Gasteiger partial charge < -0.3 is 14.9 Å². The third-order valence-electron chi connectivity index (χ3n) is 7.52. The van der Waals surface area contributed by atoms with Crippen molar-refractivity contribution in [3.8, 4) is 11.1 Å². The quantitative estimate of drug-likeness (QED) is 0.432. The molecule has 1 saturated heterocycles. The van der Waals surface area contributed by atoms with Crippen LogP contribution in [0.3, 0.4) is 0 Å². The fraction of sp³-hybridized carbons (Fsp3) is 0.370. The maximum atomic E-state index is 13.6. The van der Waals surface area contributed by atoms with Crippen molar-refractivity contribution < 1.29 is 9.50 Å². The molecule has 6 rings (SSSR count). The number of aryl methyl sites for hydroxylation is 1. The molecular weight excluding hydrogens is 485 g/mol. The standard InChI is InChI=1S/C27H30FN9O/c1-18-10-22(28)4-5-23(18)27(2,38)21-13-29-26(30-14-21)36-8-6-35(7-9-36)25-24-11-19(16-37(24)33-17-31-25)20-12-32-34(3)15-20/h4-5,11-18,38H,6-10H2,1-3H3. The van der Waals surface area contributed by atoms with E-state index < -0.39 is 5.60 Å². The van der Waals surface area contributed by atoms with Gasteiger partial charge in [-0.3, -0.25) is 4.68 Å². The largest absolute Gasteiger partial charge is 0.381 e. The smallest absolute Gasteiger partial charge is 0.225 e. The first kappa shape index (κ1) is 24.2. The zero-order valence-electron chi connectivity index (χ0n) is 21.7. The molecule has 11 heteroatoms. The highest BCUT2D eigenvalue weighted by molar-refractivity contribution is 5.77. The van der Waals surface area contributed by atoms with Crippen molar-refractivity contribution in [3.63, 3.8) is 0 Å². The Bertz CT molecular complexity index is 1530. The number of halogens is 1. The van der Waals surface area contributed by atoms with Gasteiger partial charge in [0.2, 0.25) is 5.95 Å². The SMILES string of the molecule is CC1CC(F)=CC=C1C(C)(O)c1cnc(N2CCN(c3ncnn4cc(-c5cnn(C)c5)cc34)CC2)nc1. The Hall–Kier alpha value is -4.12. The van der Waals surface area contributed by atoms with Crippen LogP contribution in [-0.2, 0) is 12.6 Å². The molecule has 0 spiro atoms. The Morgan fingerprint density at radius 3 is 2.37 bits per heavy atom. The number of rotatable bonds is 5. The Kier molecular flexibility index (Phi) is 5.94. The summed E-state index contributed by atoms with van der Waals surface area (Å²) in [6.45, 7) is 6.60. The van der Waals surface area contributed by atoms with E-state index in [9.17, 15) is 9.50 Å². The molecule has 0 radical (unpaired) electrons. The van der Waals surface area contributed by atoms with E-state index in [1.54, 1.807) is 36.4 Å². The summed E-state index contributed by atoms with van der Waals surface area (Å²) in [6, 6.07) is 2.10. The lowest BCUT2D eigenvalue weighted by molar-refractivity contribution is 0.0845. The number of allylic oxidation sites excluding steroid dienone is 3. The van der Waals surface area contributed by atoms with E-state index in [1.807, 2.05) is 37.1 Å². The van der Waals surface area contributed by atoms with Gasteiger partial charge in [-0.1, -0.05) is 13.0 Å². The molecule has 1 aliphatic carbocycles. The summed E-state index contributed by atoms with van der Waals surface area (Å²) in [5, 5.41) is 19.9. The van der Waals surface area contributed by atoms with Gasteiger partial charge in [0.05, 0.1) is 6.20 Å². The number of piperazine rings is 1. The van der Waals surface area contributed by atoms with E-state index in [0.717, 1.165) is 54.2 Å². The molecule has 0 aromatic carbocycles. The second-order valence-electron chi connectivity index (χ2n) is 10.2. The molecule has 5 heterocycles. The molecule has 10 nitrogen and oxygen atoms in total. The summed E-state index contributed by atoms with van der Waals surface area (Å²) in [5.74, 6) is 1.24. The average Bonchev–Trinajstić information content (AvgIpc) is 3.55. The monoisotopic (exact) mass is 515 g/mol. The first-order valence-corrected chi connectivity index (χ1v) is 12.7. The van der Waals surface area contributed by atoms with Crippen LogP contribution in [0.1, 0.15) is 25.8 Å². The minimum atomic E-state index is -1.27. The van der Waals surface area contributed by atoms with Crippen molar-refractivity contribution >= 4 is 17.3 Å². The first-order chi connectivity index (χ1) is 18.3. The number of hydrogen-bond donors (Lipinski definition) is 1. The number of hydrogen-bond acceptors (Lipinski definition) is 8. The van der Waals surface area contributed by atoms with Crippen LogP contribution in [0.2, 0.25) is 0 Å². The second kappa shape index (κ2) is 9.32. The Balaban J connectivity index is 1.16. The van der Waals surface area contributed by atoms with Crippen molar-refractivity contribution in [3.05, 3.63) is 72.5 Å². The molecule has 38 heavy (non-hydrogen) atoms. The van der Waals surface area contributed by atoms with Crippen LogP contribution >= 0.6 is 0 Å². The molecule has 2 unspecified atom stereocenters. The van der Waals surface area contributed by atoms with Gasteiger partial charge in [-0.15, -0.1) is 0 Å². The van der Waals surface area contributed by atoms with Crippen LogP contribution in [0.15, 0.2) is 66.9 Å². The minimum absolute atomic E-state index is 0.1000. The third-order valence-corrected chi connectivity index (χ3v) is 7.52. The number of aliphatic hydroxyl groups is 1. The zero-order valence-corrected chi connectivity index (χ0v) is 21.7. The van der Waals surface area contributed by atoms with Gasteiger partial charge in [0.25, 0.3) is 0 Å². The maximum Gasteiger partial charge on any atom is 0.225 e. The van der Waals surface area contributed by atoms with Gasteiger partial charge in [-0.25, -0.2) is 23.9 Å². The highest BCUT2D eigenvalue weighted by Gasteiger charge is 2.34. The third kappa shape index (κ3) is 4.32. The van der Waals surface area contributed by atoms with E-state index in [4.69, 9.17) is 0 Å². The molecule has 4 aromatic rings. The predicted octanol–water partition coefficient (Wildman–Crippen LogP) is 3.27. The lowest BCUT2D eigenvalue weighted by Gasteiger charge is -2.36. The highest BCUT2D eigenvalue weighted by Crippen LogP contribution is 2.38. The molecule has 1 aliphatic heterocycles. The molecule has 1 fully saturated rings. The van der Waals surface area contributed by atoms with E-state index in [2.05, 4.69) is 41.0 Å². The van der Waals surface area contributed by atoms with Gasteiger partial charge in [0.15, 0.2) is 5.82 Å². The topological polar surface area (TPSA) is 101 Å². The number of nitrogens with zero attached hydrogens (tertiary/aromatic N) is 9. The molecule has 2 aliphatic rings. The molecule has 0 bridgehead atoms. The highest BCUT2D eigenvalue weighted by atomic mass is 19.1. The van der Waals surface area contributed by atoms with E-state index >= 15 is 0 Å². The van der Waals surface area contributed by atoms with Gasteiger partial charge in [0.1, 0.15) is 23.3 Å². The first-order valence-electron chi connectivity index (χ1n) is 12.7. The van der Waals surface area contributed by atoms with Crippen molar-refractivity contribution in [2.45, 2.75) is 25.9 Å². The van der Waals surface area contributed by atoms with Gasteiger partial charge in [-0.2, -0.15) is 10.2 Å². The van der Waals surface area contributed by atoms with Crippen LogP contribution in [0, 0.1) is 5.92 Å². The van der Waals surface area contributed by atoms with Crippen molar-refractivity contribution in [1.82, 2.24) is 34.3 Å². The molecule has 2 atom stereocenters. The van der Waals surface area contributed by atoms with Crippen molar-refractivity contribution in [1.29, 1.82) is 0 Å². The summed E-state index contributed by atoms with van der Waals surface area (Å²) >= 11 is 0. The van der Waals surface area contributed by atoms with Crippen molar-refractivity contribution in [2.75, 3.05) is 36.0 Å². The van der Waals surface area contributed by atoms with Crippen LogP contribution in [0.4, 0.5) is 16.2 Å². The fourth-order valence-electron chi connectivity index (χ4n) is 5.37. The lowest BCUT2D eigenvalue weighted by atomic mass is 9.79. The minimum Gasteiger partial charge on any atom is -0.381 e. The maximum absolute atomic E-state index is 13.6. The predicted molar refractivity (Wildman–Crippen MR) is 142 cm³/mol. The summed E-state index contributed by atoms with van der Waals surface area (Å²) in [4.78, 5) is 18.1. The molecule has 1 N–H and O–H groups in total. The van der Waals surface area contributed by atoms with Crippen LogP contribution in [-0.4, -0.2) is 65.6 Å². The average molecular weight is 516 g/mol. The van der Waals surface area contributed by atoms with E-state index in [-0.39, 0.29) is 18.2 Å². The fourth-order valence-corrected chi connectivity index (χ4v) is 5.37. The van der Waals surface area contributed by atoms with Crippen LogP contribution < -0.4 is 9.80 Å². The lowest BCUT2D eigenvalue weighted by Crippen LogP contribution is -2.47. The Morgan fingerprint density at radius 2 is 1.68 bits per heavy atom. The molecule has 0 amide bonds. The van der Waals surface area contributed by atoms with E-state index in [0.29, 0.717) is 11.5 Å². The Labute approximate surface area is 219 Å². The normalized spacial score (nSPS) is 19.9. The van der Waals surface area contributed by atoms with Gasteiger partial charge in [0, 0.05) is 81.1 Å². The van der Waals surface area contributed by atoms with Gasteiger partial charge >= 0.3 is 0 Å². The summed E-state index contributed by atoms with van der Waals surface area (Å²) in [7, 11) is 1.90. The summed E-state index contributed by atoms with van der Waals surface area (Å²) in [6.07, 6.45) is 14.1. The molecular formula is C27H30FN9O. The molecule has 0 saturated carbocycles. The summed E-state index contributed by atoms with van der Waals surface area (Å²) < 4.78 is 17.3. The van der Waals surface area contributed by atoms with Crippen LogP contribution in [0.5, 0.6) is 0 Å². The zero-order chi connectivity index (χ0) is 26.4. The Morgan fingerprint density at radius 1 is 0.947 bits per heavy atom. The van der Waals surface area contributed by atoms with E-state index in [1.165, 1.54) is 6.08 Å². The van der Waals surface area contributed by atoms with Crippen molar-refractivity contribution in [2.24, 2.45) is 13.0 Å². The van der Waals surface area contributed by atoms with Gasteiger partial charge in [-0.05, 0) is 30.6 Å².